The van der Waals surface area contributed by atoms with E-state index in [2.05, 4.69) is 10.6 Å². The molecule has 4 N–H and O–H groups in total. The van der Waals surface area contributed by atoms with Gasteiger partial charge in [-0.05, 0) is 49.4 Å². The van der Waals surface area contributed by atoms with E-state index in [1.165, 1.54) is 0 Å². The summed E-state index contributed by atoms with van der Waals surface area (Å²) in [7, 11) is 0. The molecule has 2 aromatic rings. The number of nitrogens with one attached hydrogen (secondary N) is 2. The molecule has 0 aromatic heterocycles. The predicted octanol–water partition coefficient (Wildman–Crippen LogP) is 2.17. The summed E-state index contributed by atoms with van der Waals surface area (Å²) in [6, 6.07) is 14.1. The van der Waals surface area contributed by atoms with Crippen LogP contribution in [0.15, 0.2) is 48.5 Å². The minimum absolute atomic E-state index is 0.0214. The van der Waals surface area contributed by atoms with Crippen LogP contribution in [0.4, 0.5) is 5.69 Å². The molecular formula is C19H23N3O3. The Morgan fingerprint density at radius 1 is 1.28 bits per heavy atom. The van der Waals surface area contributed by atoms with Crippen molar-refractivity contribution in [3.63, 3.8) is 0 Å². The van der Waals surface area contributed by atoms with Gasteiger partial charge in [-0.1, -0.05) is 6.07 Å². The second kappa shape index (κ2) is 8.00. The summed E-state index contributed by atoms with van der Waals surface area (Å²) in [5, 5.41) is 6.25. The zero-order valence-corrected chi connectivity index (χ0v) is 14.2. The van der Waals surface area contributed by atoms with Crippen LogP contribution in [0, 0.1) is 0 Å². The number of hydrogen-bond donors (Lipinski definition) is 3. The second-order valence-corrected chi connectivity index (χ2v) is 6.07. The van der Waals surface area contributed by atoms with Gasteiger partial charge in [0.05, 0.1) is 18.8 Å². The third-order valence-corrected chi connectivity index (χ3v) is 4.08. The van der Waals surface area contributed by atoms with E-state index in [9.17, 15) is 4.79 Å². The molecular weight excluding hydrogens is 318 g/mol. The van der Waals surface area contributed by atoms with Crippen LogP contribution in [0.1, 0.15) is 17.3 Å². The first-order valence-electron chi connectivity index (χ1n) is 8.38. The van der Waals surface area contributed by atoms with Gasteiger partial charge in [-0.3, -0.25) is 4.79 Å². The molecule has 0 spiro atoms. The van der Waals surface area contributed by atoms with Crippen molar-refractivity contribution in [1.29, 1.82) is 0 Å². The van der Waals surface area contributed by atoms with Gasteiger partial charge in [0.25, 0.3) is 5.91 Å². The molecule has 6 heteroatoms. The summed E-state index contributed by atoms with van der Waals surface area (Å²) in [5.41, 5.74) is 6.89. The number of morpholine rings is 1. The van der Waals surface area contributed by atoms with E-state index in [1.54, 1.807) is 42.5 Å². The van der Waals surface area contributed by atoms with Crippen LogP contribution in [0.25, 0.3) is 0 Å². The first-order valence-corrected chi connectivity index (χ1v) is 8.38. The Morgan fingerprint density at radius 3 is 2.80 bits per heavy atom. The summed E-state index contributed by atoms with van der Waals surface area (Å²) in [6.45, 7) is 4.20. The van der Waals surface area contributed by atoms with Crippen LogP contribution < -0.4 is 21.1 Å². The summed E-state index contributed by atoms with van der Waals surface area (Å²) < 4.78 is 11.5. The SMILES string of the molecule is CC(NC(=O)c1cccc(Oc2ccc(N)cc2)c1)C1CNCCO1. The van der Waals surface area contributed by atoms with E-state index in [1.807, 2.05) is 13.0 Å². The van der Waals surface area contributed by atoms with Crippen LogP contribution in [-0.4, -0.2) is 37.7 Å². The van der Waals surface area contributed by atoms with Gasteiger partial charge >= 0.3 is 0 Å². The highest BCUT2D eigenvalue weighted by atomic mass is 16.5. The van der Waals surface area contributed by atoms with Crippen molar-refractivity contribution in [3.8, 4) is 11.5 Å². The number of anilines is 1. The highest BCUT2D eigenvalue weighted by Crippen LogP contribution is 2.23. The molecule has 0 saturated carbocycles. The van der Waals surface area contributed by atoms with Crippen molar-refractivity contribution in [1.82, 2.24) is 10.6 Å². The summed E-state index contributed by atoms with van der Waals surface area (Å²) in [4.78, 5) is 12.5. The van der Waals surface area contributed by atoms with Crippen molar-refractivity contribution in [3.05, 3.63) is 54.1 Å². The van der Waals surface area contributed by atoms with Crippen LogP contribution in [0.2, 0.25) is 0 Å². The number of rotatable bonds is 5. The number of amides is 1. The standard InChI is InChI=1S/C19H23N3O3/c1-13(18-12-21-9-10-24-18)22-19(23)14-3-2-4-17(11-14)25-16-7-5-15(20)6-8-16/h2-8,11,13,18,21H,9-10,12,20H2,1H3,(H,22,23). The number of benzene rings is 2. The first-order chi connectivity index (χ1) is 12.1. The van der Waals surface area contributed by atoms with Crippen LogP contribution in [0.5, 0.6) is 11.5 Å². The first kappa shape index (κ1) is 17.3. The van der Waals surface area contributed by atoms with Crippen molar-refractivity contribution in [2.24, 2.45) is 0 Å². The van der Waals surface area contributed by atoms with Gasteiger partial charge in [0.15, 0.2) is 0 Å². The molecule has 2 atom stereocenters. The molecule has 0 radical (unpaired) electrons. The van der Waals surface area contributed by atoms with E-state index in [4.69, 9.17) is 15.2 Å². The normalized spacial score (nSPS) is 18.4. The number of carbonyl (C=O) groups excluding carboxylic acids is 1. The fourth-order valence-corrected chi connectivity index (χ4v) is 2.66. The van der Waals surface area contributed by atoms with Crippen molar-refractivity contribution < 1.29 is 14.3 Å². The number of carbonyl (C=O) groups is 1. The van der Waals surface area contributed by atoms with Crippen molar-refractivity contribution in [2.75, 3.05) is 25.4 Å². The van der Waals surface area contributed by atoms with Gasteiger partial charge in [0, 0.05) is 24.3 Å². The van der Waals surface area contributed by atoms with E-state index >= 15 is 0 Å². The quantitative estimate of drug-likeness (QED) is 0.726. The third-order valence-electron chi connectivity index (χ3n) is 4.08. The minimum Gasteiger partial charge on any atom is -0.457 e. The number of nitrogens with two attached hydrogens (primary N) is 1. The number of nitrogen functional groups attached to an aromatic ring is 1. The highest BCUT2D eigenvalue weighted by molar-refractivity contribution is 5.94. The summed E-state index contributed by atoms with van der Waals surface area (Å²) >= 11 is 0. The van der Waals surface area contributed by atoms with Crippen molar-refractivity contribution >= 4 is 11.6 Å². The predicted molar refractivity (Wildman–Crippen MR) is 96.9 cm³/mol. The lowest BCUT2D eigenvalue weighted by Gasteiger charge is -2.29. The van der Waals surface area contributed by atoms with E-state index in [-0.39, 0.29) is 18.1 Å². The monoisotopic (exact) mass is 341 g/mol. The molecule has 1 aliphatic rings. The van der Waals surface area contributed by atoms with Gasteiger partial charge in [-0.2, -0.15) is 0 Å². The maximum atomic E-state index is 12.5. The van der Waals surface area contributed by atoms with E-state index in [0.717, 1.165) is 13.1 Å². The molecule has 1 aliphatic heterocycles. The number of hydrogen-bond acceptors (Lipinski definition) is 5. The summed E-state index contributed by atoms with van der Waals surface area (Å²) in [5.74, 6) is 1.12. The Kier molecular flexibility index (Phi) is 5.53. The van der Waals surface area contributed by atoms with Gasteiger partial charge < -0.3 is 25.8 Å². The largest absolute Gasteiger partial charge is 0.457 e. The molecule has 6 nitrogen and oxygen atoms in total. The smallest absolute Gasteiger partial charge is 0.251 e. The molecule has 3 rings (SSSR count). The Balaban J connectivity index is 1.63. The van der Waals surface area contributed by atoms with Crippen LogP contribution >= 0.6 is 0 Å². The lowest BCUT2D eigenvalue weighted by molar-refractivity contribution is 0.00860. The van der Waals surface area contributed by atoms with Gasteiger partial charge in [-0.15, -0.1) is 0 Å². The molecule has 25 heavy (non-hydrogen) atoms. The molecule has 0 aliphatic carbocycles. The lowest BCUT2D eigenvalue weighted by atomic mass is 10.1. The average molecular weight is 341 g/mol. The molecule has 132 valence electrons. The zero-order chi connectivity index (χ0) is 17.6. The Bertz CT molecular complexity index is 712. The zero-order valence-electron chi connectivity index (χ0n) is 14.2. The Morgan fingerprint density at radius 2 is 2.08 bits per heavy atom. The van der Waals surface area contributed by atoms with Gasteiger partial charge in [0.1, 0.15) is 11.5 Å². The van der Waals surface area contributed by atoms with Gasteiger partial charge in [0.2, 0.25) is 0 Å². The topological polar surface area (TPSA) is 85.6 Å². The van der Waals surface area contributed by atoms with Crippen molar-refractivity contribution in [2.45, 2.75) is 19.1 Å². The fraction of sp³-hybridized carbons (Fsp3) is 0.316. The van der Waals surface area contributed by atoms with E-state index in [0.29, 0.717) is 29.4 Å². The molecule has 1 fully saturated rings. The van der Waals surface area contributed by atoms with Crippen LogP contribution in [-0.2, 0) is 4.74 Å². The third kappa shape index (κ3) is 4.71. The lowest BCUT2D eigenvalue weighted by Crippen LogP contribution is -2.50. The molecule has 2 unspecified atom stereocenters. The molecule has 1 amide bonds. The number of ether oxygens (including phenoxy) is 2. The van der Waals surface area contributed by atoms with Gasteiger partial charge in [-0.25, -0.2) is 0 Å². The molecule has 0 bridgehead atoms. The van der Waals surface area contributed by atoms with Crippen LogP contribution in [0.3, 0.4) is 0 Å². The molecule has 1 heterocycles. The maximum Gasteiger partial charge on any atom is 0.251 e. The fourth-order valence-electron chi connectivity index (χ4n) is 2.66. The molecule has 2 aromatic carbocycles. The van der Waals surface area contributed by atoms with E-state index < -0.39 is 0 Å². The maximum absolute atomic E-state index is 12.5. The second-order valence-electron chi connectivity index (χ2n) is 6.07. The summed E-state index contributed by atoms with van der Waals surface area (Å²) in [6.07, 6.45) is -0.0214. The molecule has 1 saturated heterocycles. The average Bonchev–Trinajstić information content (AvgIpc) is 2.64. The highest BCUT2D eigenvalue weighted by Gasteiger charge is 2.22. The minimum atomic E-state index is -0.149. The Hall–Kier alpha value is -2.57. The Labute approximate surface area is 147 Å².